The fourth-order valence-corrected chi connectivity index (χ4v) is 14.7. The van der Waals surface area contributed by atoms with E-state index in [1.54, 1.807) is 0 Å². The van der Waals surface area contributed by atoms with Crippen LogP contribution >= 0.6 is 0 Å². The number of para-hydroxylation sites is 4. The molecule has 0 radical (unpaired) electrons. The van der Waals surface area contributed by atoms with Crippen LogP contribution in [0.25, 0.3) is 54.9 Å². The molecule has 2 aliphatic rings. The Morgan fingerprint density at radius 3 is 0.893 bits per heavy atom. The molecule has 0 bridgehead atoms. The zero-order valence-corrected chi connectivity index (χ0v) is 46.2. The van der Waals surface area contributed by atoms with Crippen LogP contribution < -0.4 is 9.80 Å². The lowest BCUT2D eigenvalue weighted by molar-refractivity contribution is 0.733. The Morgan fingerprint density at radius 2 is 0.512 bits per heavy atom. The van der Waals surface area contributed by atoms with Gasteiger partial charge in [-0.1, -0.05) is 285 Å². The molecule has 14 aromatic rings. The molecule has 0 atom stereocenters. The van der Waals surface area contributed by atoms with Crippen LogP contribution in [0.5, 0.6) is 0 Å². The summed E-state index contributed by atoms with van der Waals surface area (Å²) in [7, 11) is 0. The second kappa shape index (κ2) is 20.0. The van der Waals surface area contributed by atoms with E-state index in [0.717, 1.165) is 34.1 Å². The number of hydrogen-bond donors (Lipinski definition) is 0. The minimum atomic E-state index is -0.731. The van der Waals surface area contributed by atoms with E-state index in [1.165, 1.54) is 99.4 Å². The molecular formula is C82H56N2. The van der Waals surface area contributed by atoms with Gasteiger partial charge in [0, 0.05) is 22.5 Å². The summed E-state index contributed by atoms with van der Waals surface area (Å²) >= 11 is 0. The van der Waals surface area contributed by atoms with Crippen molar-refractivity contribution in [2.45, 2.75) is 10.8 Å². The standard InChI is InChI=1S/C82H56N2/c1-8-30-57(31-9-1)78-66-46-26-44-64(68-48-28-54-76-79(68)81(58-32-10-2-11-33-58,59-34-12-3-13-35-59)72-50-22-24-52-74(72)83(76)62-40-18-6-19-41-62)70(66)56-71-65(45-27-47-67(71)78)69-49-29-55-77-80(69)82(60-36-14-4-15-37-60,61-38-16-5-17-39-61)73-51-23-25-53-75(73)84(77)63-42-20-7-21-43-63/h1-56H. The Bertz CT molecular complexity index is 4390. The van der Waals surface area contributed by atoms with Crippen LogP contribution in [-0.2, 0) is 10.8 Å². The van der Waals surface area contributed by atoms with Gasteiger partial charge in [-0.05, 0) is 143 Å². The topological polar surface area (TPSA) is 6.48 Å². The maximum Gasteiger partial charge on any atom is 0.0748 e. The molecule has 0 unspecified atom stereocenters. The maximum atomic E-state index is 2.54. The van der Waals surface area contributed by atoms with Gasteiger partial charge in [0.2, 0.25) is 0 Å². The van der Waals surface area contributed by atoms with Crippen LogP contribution in [0, 0.1) is 0 Å². The first-order valence-electron chi connectivity index (χ1n) is 29.2. The average molecular weight is 1070 g/mol. The first kappa shape index (κ1) is 49.1. The molecular weight excluding hydrogens is 1010 g/mol. The number of benzene rings is 14. The van der Waals surface area contributed by atoms with Gasteiger partial charge in [0.15, 0.2) is 0 Å². The molecule has 0 saturated carbocycles. The highest BCUT2D eigenvalue weighted by Crippen LogP contribution is 2.63. The van der Waals surface area contributed by atoms with Crippen molar-refractivity contribution in [3.05, 3.63) is 384 Å². The number of anilines is 6. The summed E-state index contributed by atoms with van der Waals surface area (Å²) in [5.41, 5.74) is 22.2. The normalized spacial score (nSPS) is 13.6. The molecule has 2 aliphatic heterocycles. The molecule has 16 rings (SSSR count). The third-order valence-electron chi connectivity index (χ3n) is 18.0. The van der Waals surface area contributed by atoms with Gasteiger partial charge in [-0.25, -0.2) is 0 Å². The number of hydrogen-bond acceptors (Lipinski definition) is 2. The second-order valence-corrected chi connectivity index (χ2v) is 22.2. The second-order valence-electron chi connectivity index (χ2n) is 22.2. The van der Waals surface area contributed by atoms with Crippen molar-refractivity contribution in [2.24, 2.45) is 0 Å². The van der Waals surface area contributed by atoms with Crippen LogP contribution in [0.4, 0.5) is 34.1 Å². The van der Waals surface area contributed by atoms with Crippen LogP contribution in [0.15, 0.2) is 340 Å². The van der Waals surface area contributed by atoms with E-state index in [0.29, 0.717) is 0 Å². The lowest BCUT2D eigenvalue weighted by Crippen LogP contribution is -2.38. The monoisotopic (exact) mass is 1070 g/mol. The van der Waals surface area contributed by atoms with Gasteiger partial charge in [0.25, 0.3) is 0 Å². The van der Waals surface area contributed by atoms with Crippen molar-refractivity contribution in [3.63, 3.8) is 0 Å². The van der Waals surface area contributed by atoms with Crippen molar-refractivity contribution in [3.8, 4) is 33.4 Å². The highest BCUT2D eigenvalue weighted by Gasteiger charge is 2.50. The fourth-order valence-electron chi connectivity index (χ4n) is 14.7. The van der Waals surface area contributed by atoms with Crippen molar-refractivity contribution < 1.29 is 0 Å². The van der Waals surface area contributed by atoms with E-state index in [2.05, 4.69) is 350 Å². The van der Waals surface area contributed by atoms with E-state index in [4.69, 9.17) is 0 Å². The van der Waals surface area contributed by atoms with E-state index in [1.807, 2.05) is 0 Å². The molecule has 14 aromatic carbocycles. The van der Waals surface area contributed by atoms with Gasteiger partial charge in [-0.3, -0.25) is 0 Å². The largest absolute Gasteiger partial charge is 0.310 e. The van der Waals surface area contributed by atoms with Crippen LogP contribution in [0.2, 0.25) is 0 Å². The zero-order valence-electron chi connectivity index (χ0n) is 46.2. The molecule has 394 valence electrons. The van der Waals surface area contributed by atoms with Crippen molar-refractivity contribution >= 4 is 55.7 Å². The Kier molecular flexibility index (Phi) is 11.7. The third-order valence-corrected chi connectivity index (χ3v) is 18.0. The van der Waals surface area contributed by atoms with Gasteiger partial charge >= 0.3 is 0 Å². The minimum Gasteiger partial charge on any atom is -0.310 e. The summed E-state index contributed by atoms with van der Waals surface area (Å²) in [5.74, 6) is 0. The van der Waals surface area contributed by atoms with E-state index < -0.39 is 10.8 Å². The summed E-state index contributed by atoms with van der Waals surface area (Å²) in [4.78, 5) is 4.99. The number of rotatable bonds is 9. The zero-order chi connectivity index (χ0) is 55.6. The van der Waals surface area contributed by atoms with Crippen molar-refractivity contribution in [2.75, 3.05) is 9.80 Å². The molecule has 2 heteroatoms. The Labute approximate surface area is 491 Å². The number of nitrogens with zero attached hydrogens (tertiary/aromatic N) is 2. The van der Waals surface area contributed by atoms with Crippen molar-refractivity contribution in [1.29, 1.82) is 0 Å². The quantitative estimate of drug-likeness (QED) is 0.133. The summed E-state index contributed by atoms with van der Waals surface area (Å²) in [6.07, 6.45) is 0. The van der Waals surface area contributed by atoms with Gasteiger partial charge in [-0.2, -0.15) is 0 Å². The lowest BCUT2D eigenvalue weighted by Gasteiger charge is -2.47. The van der Waals surface area contributed by atoms with E-state index in [9.17, 15) is 0 Å². The summed E-state index contributed by atoms with van der Waals surface area (Å²) < 4.78 is 0. The SMILES string of the molecule is c1ccc(-c2c3cccc(-c4cccc5c4C(c4ccccc4)(c4ccccc4)c4ccccc4N5c4ccccc4)c3cc3c(-c4cccc5c4C(c4ccccc4)(c4ccccc4)c4ccccc4N5c4ccccc4)cccc23)cc1. The van der Waals surface area contributed by atoms with Gasteiger partial charge in [-0.15, -0.1) is 0 Å². The number of fused-ring (bicyclic) bond motifs is 6. The first-order chi connectivity index (χ1) is 41.7. The highest BCUT2D eigenvalue weighted by atomic mass is 15.2. The summed E-state index contributed by atoms with van der Waals surface area (Å²) in [6, 6.07) is 127. The molecule has 0 N–H and O–H groups in total. The fraction of sp³-hybridized carbons (Fsp3) is 0.0244. The molecule has 0 saturated heterocycles. The van der Waals surface area contributed by atoms with Gasteiger partial charge in [0.05, 0.1) is 33.6 Å². The smallest absolute Gasteiger partial charge is 0.0748 e. The van der Waals surface area contributed by atoms with Gasteiger partial charge in [0.1, 0.15) is 0 Å². The Hall–Kier alpha value is -10.8. The van der Waals surface area contributed by atoms with Crippen LogP contribution in [-0.4, -0.2) is 0 Å². The summed E-state index contributed by atoms with van der Waals surface area (Å²) in [6.45, 7) is 0. The molecule has 2 nitrogen and oxygen atoms in total. The minimum absolute atomic E-state index is 0.731. The maximum absolute atomic E-state index is 2.54. The molecule has 84 heavy (non-hydrogen) atoms. The molecule has 0 fully saturated rings. The average Bonchev–Trinajstić information content (AvgIpc) is 1.78. The highest BCUT2D eigenvalue weighted by molar-refractivity contribution is 6.20. The Balaban J connectivity index is 1.05. The lowest BCUT2D eigenvalue weighted by atomic mass is 9.60. The Morgan fingerprint density at radius 1 is 0.214 bits per heavy atom. The van der Waals surface area contributed by atoms with E-state index >= 15 is 0 Å². The molecule has 2 heterocycles. The first-order valence-corrected chi connectivity index (χ1v) is 29.2. The summed E-state index contributed by atoms with van der Waals surface area (Å²) in [5, 5.41) is 4.76. The van der Waals surface area contributed by atoms with E-state index in [-0.39, 0.29) is 0 Å². The molecule has 0 spiro atoms. The van der Waals surface area contributed by atoms with Crippen molar-refractivity contribution in [1.82, 2.24) is 0 Å². The van der Waals surface area contributed by atoms with Crippen LogP contribution in [0.3, 0.4) is 0 Å². The predicted molar refractivity (Wildman–Crippen MR) is 351 cm³/mol. The van der Waals surface area contributed by atoms with Gasteiger partial charge < -0.3 is 9.80 Å². The third kappa shape index (κ3) is 7.30. The predicted octanol–water partition coefficient (Wildman–Crippen LogP) is 21.3. The molecule has 0 amide bonds. The molecule has 0 aliphatic carbocycles. The molecule has 0 aromatic heterocycles. The van der Waals surface area contributed by atoms with Crippen LogP contribution in [0.1, 0.15) is 44.5 Å².